The monoisotopic (exact) mass is 494 g/mol. The first-order chi connectivity index (χ1) is 16.8. The van der Waals surface area contributed by atoms with Crippen molar-refractivity contribution in [3.63, 3.8) is 0 Å². The maximum absolute atomic E-state index is 13.6. The number of alkyl halides is 2. The zero-order chi connectivity index (χ0) is 24.7. The molecule has 0 radical (unpaired) electrons. The number of nitrogens with one attached hydrogen (secondary N) is 1. The molecule has 1 aliphatic heterocycles. The van der Waals surface area contributed by atoms with E-state index in [0.717, 1.165) is 16.9 Å². The van der Waals surface area contributed by atoms with Crippen LogP contribution in [0.1, 0.15) is 46.2 Å². The minimum atomic E-state index is -3.11. The Labute approximate surface area is 205 Å². The Bertz CT molecular complexity index is 1360. The number of nitrogens with zero attached hydrogens (tertiary/aromatic N) is 3. The van der Waals surface area contributed by atoms with Crippen LogP contribution in [0.4, 0.5) is 8.78 Å². The van der Waals surface area contributed by atoms with Gasteiger partial charge in [0.1, 0.15) is 6.04 Å². The number of nitriles is 1. The molecule has 0 spiro atoms. The molecule has 1 N–H and O–H groups in total. The van der Waals surface area contributed by atoms with E-state index in [1.807, 2.05) is 42.5 Å². The van der Waals surface area contributed by atoms with Gasteiger partial charge in [0.2, 0.25) is 5.91 Å². The van der Waals surface area contributed by atoms with Gasteiger partial charge in [0.15, 0.2) is 0 Å². The highest BCUT2D eigenvalue weighted by molar-refractivity contribution is 6.30. The number of hydrogen-bond acceptors (Lipinski definition) is 4. The largest absolute Gasteiger partial charge is 0.343 e. The van der Waals surface area contributed by atoms with E-state index in [2.05, 4.69) is 10.3 Å². The highest BCUT2D eigenvalue weighted by Gasteiger charge is 2.47. The van der Waals surface area contributed by atoms with Crippen LogP contribution in [-0.4, -0.2) is 46.8 Å². The van der Waals surface area contributed by atoms with Gasteiger partial charge in [-0.1, -0.05) is 29.8 Å². The Morgan fingerprint density at radius 2 is 1.86 bits per heavy atom. The predicted molar refractivity (Wildman–Crippen MR) is 126 cm³/mol. The van der Waals surface area contributed by atoms with Crippen LogP contribution in [0, 0.1) is 11.3 Å². The number of rotatable bonds is 5. The molecule has 6 nitrogen and oxygen atoms in total. The average Bonchev–Trinajstić information content (AvgIpc) is 3.58. The normalized spacial score (nSPS) is 22.6. The third kappa shape index (κ3) is 4.69. The molecular weight excluding hydrogens is 474 g/mol. The van der Waals surface area contributed by atoms with Gasteiger partial charge in [0.05, 0.1) is 30.2 Å². The van der Waals surface area contributed by atoms with E-state index in [9.17, 15) is 18.4 Å². The number of benzene rings is 2. The fourth-order valence-electron chi connectivity index (χ4n) is 4.78. The standard InChI is InChI=1S/C26H21ClF2N4O2/c27-17-4-1-15(2-5-17)20-10-21(20)16-3-6-23-22(9-16)19(7-8-31-23)25(35)32-13-24(34)33-14-26(28,29)11-18(33)12-30/h1-9,18,20-21H,10-11,13-14H2,(H,32,35). The van der Waals surface area contributed by atoms with E-state index in [0.29, 0.717) is 33.3 Å². The molecule has 0 bridgehead atoms. The number of pyridine rings is 1. The van der Waals surface area contributed by atoms with Crippen molar-refractivity contribution in [3.8, 4) is 6.07 Å². The van der Waals surface area contributed by atoms with Crippen molar-refractivity contribution >= 4 is 34.3 Å². The summed E-state index contributed by atoms with van der Waals surface area (Å²) in [7, 11) is 0. The van der Waals surface area contributed by atoms with Crippen LogP contribution >= 0.6 is 11.6 Å². The smallest absolute Gasteiger partial charge is 0.268 e. The van der Waals surface area contributed by atoms with Gasteiger partial charge < -0.3 is 10.2 Å². The molecule has 3 atom stereocenters. The van der Waals surface area contributed by atoms with E-state index in [1.165, 1.54) is 11.8 Å². The molecule has 3 aromatic rings. The van der Waals surface area contributed by atoms with E-state index < -0.39 is 43.3 Å². The lowest BCUT2D eigenvalue weighted by Gasteiger charge is -2.19. The van der Waals surface area contributed by atoms with Gasteiger partial charge in [0, 0.05) is 23.0 Å². The van der Waals surface area contributed by atoms with Crippen molar-refractivity contribution in [1.82, 2.24) is 15.2 Å². The second kappa shape index (κ2) is 8.90. The lowest BCUT2D eigenvalue weighted by Crippen LogP contribution is -2.43. The zero-order valence-corrected chi connectivity index (χ0v) is 19.3. The Hall–Kier alpha value is -3.57. The molecule has 1 saturated carbocycles. The molecule has 9 heteroatoms. The zero-order valence-electron chi connectivity index (χ0n) is 18.5. The highest BCUT2D eigenvalue weighted by Crippen LogP contribution is 2.55. The van der Waals surface area contributed by atoms with Crippen molar-refractivity contribution in [2.75, 3.05) is 13.1 Å². The van der Waals surface area contributed by atoms with Crippen LogP contribution < -0.4 is 5.32 Å². The van der Waals surface area contributed by atoms with Crippen molar-refractivity contribution in [2.45, 2.75) is 36.6 Å². The second-order valence-corrected chi connectivity index (χ2v) is 9.48. The van der Waals surface area contributed by atoms with E-state index in [4.69, 9.17) is 16.9 Å². The van der Waals surface area contributed by atoms with Crippen LogP contribution in [0.5, 0.6) is 0 Å². The van der Waals surface area contributed by atoms with Gasteiger partial charge in [-0.05, 0) is 59.7 Å². The fourth-order valence-corrected chi connectivity index (χ4v) is 4.91. The fraction of sp³-hybridized carbons (Fsp3) is 0.308. The third-order valence-electron chi connectivity index (χ3n) is 6.67. The van der Waals surface area contributed by atoms with E-state index in [1.54, 1.807) is 12.1 Å². The summed E-state index contributed by atoms with van der Waals surface area (Å²) in [6, 6.07) is 15.7. The minimum Gasteiger partial charge on any atom is -0.343 e. The van der Waals surface area contributed by atoms with E-state index in [-0.39, 0.29) is 0 Å². The molecular formula is C26H21ClF2N4O2. The van der Waals surface area contributed by atoms with Crippen molar-refractivity contribution < 1.29 is 18.4 Å². The average molecular weight is 495 g/mol. The molecule has 2 aromatic carbocycles. The number of likely N-dealkylation sites (tertiary alicyclic amines) is 1. The van der Waals surface area contributed by atoms with Crippen molar-refractivity contribution in [3.05, 3.63) is 76.4 Å². The number of carbonyl (C=O) groups is 2. The maximum atomic E-state index is 13.6. The third-order valence-corrected chi connectivity index (χ3v) is 6.92. The SMILES string of the molecule is N#CC1CC(F)(F)CN1C(=O)CNC(=O)c1ccnc2ccc(C3CC3c3ccc(Cl)cc3)cc12. The second-order valence-electron chi connectivity index (χ2n) is 9.04. The number of aromatic nitrogens is 1. The molecule has 35 heavy (non-hydrogen) atoms. The number of fused-ring (bicyclic) bond motifs is 1. The van der Waals surface area contributed by atoms with Gasteiger partial charge in [-0.3, -0.25) is 14.6 Å². The lowest BCUT2D eigenvalue weighted by molar-refractivity contribution is -0.131. The Morgan fingerprint density at radius 1 is 1.14 bits per heavy atom. The number of carbonyl (C=O) groups excluding carboxylic acids is 2. The van der Waals surface area contributed by atoms with E-state index >= 15 is 0 Å². The molecule has 1 aromatic heterocycles. The molecule has 1 aliphatic carbocycles. The van der Waals surface area contributed by atoms with Crippen LogP contribution in [0.25, 0.3) is 10.9 Å². The van der Waals surface area contributed by atoms with Crippen molar-refractivity contribution in [2.24, 2.45) is 0 Å². The van der Waals surface area contributed by atoms with Crippen LogP contribution in [0.3, 0.4) is 0 Å². The number of hydrogen-bond donors (Lipinski definition) is 1. The van der Waals surface area contributed by atoms with Crippen LogP contribution in [-0.2, 0) is 4.79 Å². The topological polar surface area (TPSA) is 86.1 Å². The maximum Gasteiger partial charge on any atom is 0.268 e. The summed E-state index contributed by atoms with van der Waals surface area (Å²) in [6.07, 6.45) is 1.81. The quantitative estimate of drug-likeness (QED) is 0.559. The molecule has 2 fully saturated rings. The summed E-state index contributed by atoms with van der Waals surface area (Å²) in [5.41, 5.74) is 3.29. The Kier molecular flexibility index (Phi) is 5.89. The summed E-state index contributed by atoms with van der Waals surface area (Å²) >= 11 is 6.00. The predicted octanol–water partition coefficient (Wildman–Crippen LogP) is 4.65. The molecule has 1 saturated heterocycles. The van der Waals surface area contributed by atoms with Gasteiger partial charge in [-0.2, -0.15) is 5.26 Å². The molecule has 178 valence electrons. The van der Waals surface area contributed by atoms with Gasteiger partial charge >= 0.3 is 0 Å². The molecule has 3 unspecified atom stereocenters. The first kappa shape index (κ1) is 23.2. The van der Waals surface area contributed by atoms with Crippen LogP contribution in [0.2, 0.25) is 5.02 Å². The Morgan fingerprint density at radius 3 is 2.60 bits per heavy atom. The van der Waals surface area contributed by atoms with Gasteiger partial charge in [0.25, 0.3) is 11.8 Å². The summed E-state index contributed by atoms with van der Waals surface area (Å²) in [5.74, 6) is -3.64. The summed E-state index contributed by atoms with van der Waals surface area (Å²) < 4.78 is 27.3. The molecule has 5 rings (SSSR count). The lowest BCUT2D eigenvalue weighted by atomic mass is 10.0. The number of halogens is 3. The molecule has 2 heterocycles. The highest BCUT2D eigenvalue weighted by atomic mass is 35.5. The molecule has 2 aliphatic rings. The Balaban J connectivity index is 1.31. The summed E-state index contributed by atoms with van der Waals surface area (Å²) in [5, 5.41) is 13.0. The van der Waals surface area contributed by atoms with Crippen molar-refractivity contribution in [1.29, 1.82) is 5.26 Å². The minimum absolute atomic E-state index is 0.318. The molecule has 2 amide bonds. The first-order valence-corrected chi connectivity index (χ1v) is 11.6. The van der Waals surface area contributed by atoms with Gasteiger partial charge in [-0.15, -0.1) is 0 Å². The number of amides is 2. The van der Waals surface area contributed by atoms with Gasteiger partial charge in [-0.25, -0.2) is 8.78 Å². The summed E-state index contributed by atoms with van der Waals surface area (Å²) in [6.45, 7) is -1.30. The first-order valence-electron chi connectivity index (χ1n) is 11.2. The summed E-state index contributed by atoms with van der Waals surface area (Å²) in [4.78, 5) is 30.6. The van der Waals surface area contributed by atoms with Crippen LogP contribution in [0.15, 0.2) is 54.7 Å².